The van der Waals surface area contributed by atoms with Crippen LogP contribution < -0.4 is 10.2 Å². The Bertz CT molecular complexity index is 1010. The molecule has 3 amide bonds. The lowest BCUT2D eigenvalue weighted by molar-refractivity contribution is 0.0786. The van der Waals surface area contributed by atoms with Gasteiger partial charge in [0.05, 0.1) is 16.8 Å². The second-order valence-corrected chi connectivity index (χ2v) is 7.96. The van der Waals surface area contributed by atoms with Gasteiger partial charge < -0.3 is 10.2 Å². The van der Waals surface area contributed by atoms with E-state index in [0.717, 1.165) is 24.1 Å². The number of benzene rings is 2. The van der Waals surface area contributed by atoms with Gasteiger partial charge in [-0.3, -0.25) is 14.4 Å². The Balaban J connectivity index is 1.62. The molecule has 2 aliphatic heterocycles. The Morgan fingerprint density at radius 2 is 1.83 bits per heavy atom. The van der Waals surface area contributed by atoms with Crippen molar-refractivity contribution in [3.63, 3.8) is 0 Å². The molecule has 2 aromatic carbocycles. The minimum atomic E-state index is -0.372. The molecular weight excluding hydrogens is 366 g/mol. The first kappa shape index (κ1) is 19.3. The fourth-order valence-corrected chi connectivity index (χ4v) is 4.21. The molecule has 0 saturated carbocycles. The molecule has 4 rings (SSSR count). The molecule has 6 heteroatoms. The van der Waals surface area contributed by atoms with Gasteiger partial charge in [0.25, 0.3) is 17.7 Å². The maximum Gasteiger partial charge on any atom is 0.266 e. The summed E-state index contributed by atoms with van der Waals surface area (Å²) < 4.78 is 0. The molecule has 1 atom stereocenters. The molecule has 1 unspecified atom stereocenters. The zero-order valence-electron chi connectivity index (χ0n) is 17.0. The third-order valence-corrected chi connectivity index (χ3v) is 5.80. The van der Waals surface area contributed by atoms with E-state index in [0.29, 0.717) is 41.4 Å². The summed E-state index contributed by atoms with van der Waals surface area (Å²) in [4.78, 5) is 42.0. The number of aryl methyl sites for hydroxylation is 2. The summed E-state index contributed by atoms with van der Waals surface area (Å²) in [6.07, 6.45) is 0.968. The van der Waals surface area contributed by atoms with E-state index in [9.17, 15) is 14.4 Å². The summed E-state index contributed by atoms with van der Waals surface area (Å²) >= 11 is 0. The van der Waals surface area contributed by atoms with Crippen LogP contribution in [0.15, 0.2) is 36.4 Å². The monoisotopic (exact) mass is 391 g/mol. The van der Waals surface area contributed by atoms with Gasteiger partial charge in [0.2, 0.25) is 0 Å². The maximum atomic E-state index is 13.1. The number of nitrogens with one attached hydrogen (secondary N) is 1. The molecule has 1 saturated heterocycles. The van der Waals surface area contributed by atoms with Crippen molar-refractivity contribution in [2.75, 3.05) is 31.6 Å². The Kier molecular flexibility index (Phi) is 4.96. The Morgan fingerprint density at radius 1 is 1.07 bits per heavy atom. The molecule has 150 valence electrons. The Labute approximate surface area is 170 Å². The molecule has 0 bridgehead atoms. The highest BCUT2D eigenvalue weighted by atomic mass is 16.2. The normalized spacial score (nSPS) is 18.5. The number of carbonyl (C=O) groups is 3. The zero-order chi connectivity index (χ0) is 20.7. The highest BCUT2D eigenvalue weighted by Crippen LogP contribution is 2.32. The number of imide groups is 1. The van der Waals surface area contributed by atoms with Gasteiger partial charge in [0.1, 0.15) is 0 Å². The molecule has 0 radical (unpaired) electrons. The third kappa shape index (κ3) is 3.34. The number of rotatable bonds is 4. The van der Waals surface area contributed by atoms with Gasteiger partial charge in [-0.15, -0.1) is 0 Å². The Hall–Kier alpha value is -2.99. The molecule has 29 heavy (non-hydrogen) atoms. The average Bonchev–Trinajstić information content (AvgIpc) is 3.27. The standard InChI is InChI=1S/C23H25N3O3/c1-14-4-5-15(2)20(10-14)26-22(28)18-7-6-17(11-19(18)23(26)29)21(27)25-9-8-16(13-25)12-24-3/h4-7,10-11,16,24H,8-9,12-13H2,1-3H3. The Morgan fingerprint density at radius 3 is 2.59 bits per heavy atom. The quantitative estimate of drug-likeness (QED) is 0.814. The van der Waals surface area contributed by atoms with E-state index >= 15 is 0 Å². The van der Waals surface area contributed by atoms with E-state index in [1.165, 1.54) is 4.90 Å². The van der Waals surface area contributed by atoms with Gasteiger partial charge in [0.15, 0.2) is 0 Å². The first-order chi connectivity index (χ1) is 13.9. The van der Waals surface area contributed by atoms with Crippen LogP contribution in [0, 0.1) is 19.8 Å². The van der Waals surface area contributed by atoms with Crippen molar-refractivity contribution in [1.29, 1.82) is 0 Å². The number of fused-ring (bicyclic) bond motifs is 1. The fraction of sp³-hybridized carbons (Fsp3) is 0.348. The minimum Gasteiger partial charge on any atom is -0.338 e. The average molecular weight is 391 g/mol. The molecule has 6 nitrogen and oxygen atoms in total. The van der Waals surface area contributed by atoms with Crippen LogP contribution in [0.1, 0.15) is 48.6 Å². The van der Waals surface area contributed by atoms with E-state index in [-0.39, 0.29) is 17.7 Å². The topological polar surface area (TPSA) is 69.7 Å². The van der Waals surface area contributed by atoms with E-state index in [2.05, 4.69) is 5.32 Å². The van der Waals surface area contributed by atoms with Crippen molar-refractivity contribution >= 4 is 23.4 Å². The molecular formula is C23H25N3O3. The van der Waals surface area contributed by atoms with Crippen LogP contribution in [-0.4, -0.2) is 49.3 Å². The van der Waals surface area contributed by atoms with Gasteiger partial charge in [-0.2, -0.15) is 0 Å². The highest BCUT2D eigenvalue weighted by molar-refractivity contribution is 6.35. The first-order valence-corrected chi connectivity index (χ1v) is 9.94. The summed E-state index contributed by atoms with van der Waals surface area (Å²) in [6.45, 7) is 6.10. The molecule has 2 heterocycles. The molecule has 2 aromatic rings. The third-order valence-electron chi connectivity index (χ3n) is 5.80. The zero-order valence-corrected chi connectivity index (χ0v) is 17.0. The first-order valence-electron chi connectivity index (χ1n) is 9.94. The lowest BCUT2D eigenvalue weighted by atomic mass is 10.0. The number of hydrogen-bond acceptors (Lipinski definition) is 4. The predicted octanol–water partition coefficient (Wildman–Crippen LogP) is 2.79. The summed E-state index contributed by atoms with van der Waals surface area (Å²) in [5.41, 5.74) is 3.53. The van der Waals surface area contributed by atoms with Crippen molar-refractivity contribution in [2.24, 2.45) is 5.92 Å². The minimum absolute atomic E-state index is 0.0863. The molecule has 0 aliphatic carbocycles. The lowest BCUT2D eigenvalue weighted by Crippen LogP contribution is -2.30. The molecule has 0 aromatic heterocycles. The van der Waals surface area contributed by atoms with Gasteiger partial charge in [-0.1, -0.05) is 12.1 Å². The van der Waals surface area contributed by atoms with Crippen LogP contribution >= 0.6 is 0 Å². The SMILES string of the molecule is CNCC1CCN(C(=O)c2ccc3c(c2)C(=O)N(c2cc(C)ccc2C)C3=O)C1. The number of amides is 3. The second kappa shape index (κ2) is 7.44. The number of nitrogens with zero attached hydrogens (tertiary/aromatic N) is 2. The molecule has 1 N–H and O–H groups in total. The van der Waals surface area contributed by atoms with E-state index in [1.54, 1.807) is 18.2 Å². The lowest BCUT2D eigenvalue weighted by Gasteiger charge is -2.17. The van der Waals surface area contributed by atoms with Gasteiger partial charge in [-0.25, -0.2) is 4.90 Å². The highest BCUT2D eigenvalue weighted by Gasteiger charge is 2.38. The van der Waals surface area contributed by atoms with Crippen molar-refractivity contribution < 1.29 is 14.4 Å². The molecule has 1 fully saturated rings. The summed E-state index contributed by atoms with van der Waals surface area (Å²) in [5, 5.41) is 3.16. The largest absolute Gasteiger partial charge is 0.338 e. The van der Waals surface area contributed by atoms with Crippen molar-refractivity contribution in [3.8, 4) is 0 Å². The van der Waals surface area contributed by atoms with Gasteiger partial charge in [-0.05, 0) is 75.2 Å². The van der Waals surface area contributed by atoms with E-state index < -0.39 is 0 Å². The van der Waals surface area contributed by atoms with Crippen molar-refractivity contribution in [2.45, 2.75) is 20.3 Å². The number of anilines is 1. The number of hydrogen-bond donors (Lipinski definition) is 1. The smallest absolute Gasteiger partial charge is 0.266 e. The van der Waals surface area contributed by atoms with Crippen LogP contribution in [0.3, 0.4) is 0 Å². The predicted molar refractivity (Wildman–Crippen MR) is 111 cm³/mol. The number of carbonyl (C=O) groups excluding carboxylic acids is 3. The summed E-state index contributed by atoms with van der Waals surface area (Å²) in [7, 11) is 1.91. The number of likely N-dealkylation sites (tertiary alicyclic amines) is 1. The fourth-order valence-electron chi connectivity index (χ4n) is 4.21. The van der Waals surface area contributed by atoms with Gasteiger partial charge in [0, 0.05) is 18.7 Å². The van der Waals surface area contributed by atoms with Crippen LogP contribution in [0.5, 0.6) is 0 Å². The van der Waals surface area contributed by atoms with Crippen LogP contribution in [0.4, 0.5) is 5.69 Å². The van der Waals surface area contributed by atoms with Crippen LogP contribution in [-0.2, 0) is 0 Å². The molecule has 2 aliphatic rings. The van der Waals surface area contributed by atoms with E-state index in [1.807, 2.05) is 44.0 Å². The summed E-state index contributed by atoms with van der Waals surface area (Å²) in [6, 6.07) is 10.5. The maximum absolute atomic E-state index is 13.1. The summed E-state index contributed by atoms with van der Waals surface area (Å²) in [5.74, 6) is -0.353. The van der Waals surface area contributed by atoms with Gasteiger partial charge >= 0.3 is 0 Å². The van der Waals surface area contributed by atoms with Crippen molar-refractivity contribution in [1.82, 2.24) is 10.2 Å². The van der Waals surface area contributed by atoms with Crippen LogP contribution in [0.2, 0.25) is 0 Å². The second-order valence-electron chi connectivity index (χ2n) is 7.96. The molecule has 0 spiro atoms. The van der Waals surface area contributed by atoms with Crippen LogP contribution in [0.25, 0.3) is 0 Å². The van der Waals surface area contributed by atoms with E-state index in [4.69, 9.17) is 0 Å². The van der Waals surface area contributed by atoms with Crippen molar-refractivity contribution in [3.05, 3.63) is 64.2 Å².